The van der Waals surface area contributed by atoms with Gasteiger partial charge in [-0.15, -0.1) is 10.2 Å². The highest BCUT2D eigenvalue weighted by Crippen LogP contribution is 2.41. The highest BCUT2D eigenvalue weighted by molar-refractivity contribution is 5.92. The molecule has 1 aliphatic rings. The van der Waals surface area contributed by atoms with Gasteiger partial charge in [0, 0.05) is 16.9 Å². The van der Waals surface area contributed by atoms with Crippen molar-refractivity contribution in [3.05, 3.63) is 57.8 Å². The van der Waals surface area contributed by atoms with Crippen LogP contribution in [0.2, 0.25) is 0 Å². The number of aromatic amines is 3. The molecule has 0 bridgehead atoms. The fourth-order valence-corrected chi connectivity index (χ4v) is 4.99. The minimum atomic E-state index is -4.86. The summed E-state index contributed by atoms with van der Waals surface area (Å²) in [6.07, 6.45) is -0.150. The zero-order valence-electron chi connectivity index (χ0n) is 19.2. The van der Waals surface area contributed by atoms with Crippen molar-refractivity contribution < 1.29 is 17.6 Å². The minimum absolute atomic E-state index is 0.00401. The molecule has 0 unspecified atom stereocenters. The Morgan fingerprint density at radius 2 is 1.73 bits per heavy atom. The second-order valence-corrected chi connectivity index (χ2v) is 9.08. The van der Waals surface area contributed by atoms with E-state index in [1.807, 2.05) is 0 Å². The lowest BCUT2D eigenvalue weighted by atomic mass is 9.87. The fraction of sp³-hybridized carbons (Fsp3) is 0.292. The van der Waals surface area contributed by atoms with Crippen LogP contribution in [0.25, 0.3) is 33.2 Å². The molecule has 37 heavy (non-hydrogen) atoms. The summed E-state index contributed by atoms with van der Waals surface area (Å²) in [4.78, 5) is 16.7. The molecule has 1 aliphatic carbocycles. The second-order valence-electron chi connectivity index (χ2n) is 9.08. The van der Waals surface area contributed by atoms with Gasteiger partial charge in [-0.1, -0.05) is 19.3 Å². The molecule has 6 rings (SSSR count). The summed E-state index contributed by atoms with van der Waals surface area (Å²) < 4.78 is 56.5. The molecule has 5 aromatic rings. The van der Waals surface area contributed by atoms with Gasteiger partial charge < -0.3 is 5.32 Å². The highest BCUT2D eigenvalue weighted by Gasteiger charge is 2.38. The van der Waals surface area contributed by atoms with Crippen LogP contribution in [0.15, 0.2) is 35.1 Å². The number of alkyl halides is 3. The molecule has 13 heteroatoms. The Morgan fingerprint density at radius 1 is 0.946 bits per heavy atom. The number of nitrogens with one attached hydrogen (secondary N) is 4. The van der Waals surface area contributed by atoms with E-state index in [1.54, 1.807) is 0 Å². The third kappa shape index (κ3) is 4.09. The first-order chi connectivity index (χ1) is 17.8. The van der Waals surface area contributed by atoms with Gasteiger partial charge in [0.2, 0.25) is 0 Å². The molecule has 4 N–H and O–H groups in total. The molecule has 3 heterocycles. The van der Waals surface area contributed by atoms with E-state index in [2.05, 4.69) is 40.9 Å². The van der Waals surface area contributed by atoms with E-state index in [-0.39, 0.29) is 34.5 Å². The van der Waals surface area contributed by atoms with Crippen LogP contribution in [0.4, 0.5) is 29.2 Å². The lowest BCUT2D eigenvalue weighted by Gasteiger charge is -2.22. The molecule has 190 valence electrons. The molecule has 1 saturated carbocycles. The summed E-state index contributed by atoms with van der Waals surface area (Å²) in [5, 5.41) is 23.0. The number of aromatic nitrogens is 7. The van der Waals surface area contributed by atoms with Crippen molar-refractivity contribution >= 4 is 33.4 Å². The summed E-state index contributed by atoms with van der Waals surface area (Å²) in [5.74, 6) is -0.324. The van der Waals surface area contributed by atoms with Gasteiger partial charge >= 0.3 is 6.18 Å². The number of hydrogen-bond acceptors (Lipinski definition) is 6. The summed E-state index contributed by atoms with van der Waals surface area (Å²) in [5.41, 5.74) is -1.35. The molecule has 0 aliphatic heterocycles. The number of rotatable bonds is 4. The highest BCUT2D eigenvalue weighted by atomic mass is 19.4. The maximum atomic E-state index is 14.2. The van der Waals surface area contributed by atoms with Crippen molar-refractivity contribution in [3.8, 4) is 11.4 Å². The van der Waals surface area contributed by atoms with Gasteiger partial charge in [-0.2, -0.15) is 18.3 Å². The smallest absolute Gasteiger partial charge is 0.321 e. The Kier molecular flexibility index (Phi) is 5.42. The quantitative estimate of drug-likeness (QED) is 0.234. The largest absolute Gasteiger partial charge is 0.417 e. The third-order valence-corrected chi connectivity index (χ3v) is 6.73. The van der Waals surface area contributed by atoms with Crippen LogP contribution in [0.1, 0.15) is 49.3 Å². The van der Waals surface area contributed by atoms with Crippen molar-refractivity contribution in [3.63, 3.8) is 0 Å². The van der Waals surface area contributed by atoms with Gasteiger partial charge in [0.15, 0.2) is 17.5 Å². The molecular formula is C24H20F4N8O. The van der Waals surface area contributed by atoms with E-state index in [1.165, 1.54) is 30.3 Å². The average molecular weight is 512 g/mol. The van der Waals surface area contributed by atoms with Gasteiger partial charge in [-0.25, -0.2) is 9.37 Å². The van der Waals surface area contributed by atoms with Crippen LogP contribution in [-0.2, 0) is 6.18 Å². The monoisotopic (exact) mass is 512 g/mol. The maximum absolute atomic E-state index is 14.2. The van der Waals surface area contributed by atoms with Crippen molar-refractivity contribution in [1.29, 1.82) is 0 Å². The van der Waals surface area contributed by atoms with E-state index in [0.717, 1.165) is 32.1 Å². The number of benzene rings is 2. The molecule has 0 radical (unpaired) electrons. The number of hydrogen-bond donors (Lipinski definition) is 4. The van der Waals surface area contributed by atoms with Crippen LogP contribution in [0, 0.1) is 5.82 Å². The van der Waals surface area contributed by atoms with E-state index < -0.39 is 28.5 Å². The second kappa shape index (κ2) is 8.68. The Labute approximate surface area is 205 Å². The van der Waals surface area contributed by atoms with Crippen molar-refractivity contribution in [1.82, 2.24) is 35.6 Å². The number of halogens is 4. The number of nitrogens with zero attached hydrogens (tertiary/aromatic N) is 4. The molecule has 2 aromatic carbocycles. The van der Waals surface area contributed by atoms with Gasteiger partial charge in [0.1, 0.15) is 11.5 Å². The average Bonchev–Trinajstić information content (AvgIpc) is 3.46. The number of anilines is 2. The molecule has 0 spiro atoms. The lowest BCUT2D eigenvalue weighted by Crippen LogP contribution is -2.15. The number of H-pyrrole nitrogens is 3. The van der Waals surface area contributed by atoms with E-state index in [4.69, 9.17) is 0 Å². The van der Waals surface area contributed by atoms with Gasteiger partial charge in [-0.05, 0) is 43.2 Å². The van der Waals surface area contributed by atoms with Crippen LogP contribution < -0.4 is 10.9 Å². The summed E-state index contributed by atoms with van der Waals surface area (Å²) in [7, 11) is 0. The van der Waals surface area contributed by atoms with Crippen LogP contribution in [0.3, 0.4) is 0 Å². The molecular weight excluding hydrogens is 492 g/mol. The van der Waals surface area contributed by atoms with E-state index in [0.29, 0.717) is 16.6 Å². The summed E-state index contributed by atoms with van der Waals surface area (Å²) in [6.45, 7) is 0. The van der Waals surface area contributed by atoms with E-state index in [9.17, 15) is 22.4 Å². The Morgan fingerprint density at radius 3 is 2.51 bits per heavy atom. The normalized spacial score (nSPS) is 15.0. The van der Waals surface area contributed by atoms with E-state index >= 15 is 0 Å². The predicted molar refractivity (Wildman–Crippen MR) is 128 cm³/mol. The summed E-state index contributed by atoms with van der Waals surface area (Å²) in [6, 6.07) is 6.68. The number of fused-ring (bicyclic) bond motifs is 2. The first-order valence-corrected chi connectivity index (χ1v) is 11.8. The standard InChI is InChI=1S/C24H20F4N8O/c25-12-6-8-15-14(10-12)21(34-31-15)30-22-19(11-4-2-1-3-5-11)33-35-20(29-22)13-7-9-16-17(23(37)36-32-16)18(13)24(26,27)28/h6-11H,1-5H2,(H2,32,36,37)(H2,29,30,31,34,35). The molecule has 1 fully saturated rings. The fourth-order valence-electron chi connectivity index (χ4n) is 4.99. The topological polar surface area (TPSA) is 128 Å². The molecule has 0 amide bonds. The molecule has 9 nitrogen and oxygen atoms in total. The molecule has 0 saturated heterocycles. The first-order valence-electron chi connectivity index (χ1n) is 11.8. The first kappa shape index (κ1) is 23.1. The van der Waals surface area contributed by atoms with Gasteiger partial charge in [-0.3, -0.25) is 20.1 Å². The molecule has 0 atom stereocenters. The Balaban J connectivity index is 1.53. The summed E-state index contributed by atoms with van der Waals surface area (Å²) >= 11 is 0. The maximum Gasteiger partial charge on any atom is 0.417 e. The van der Waals surface area contributed by atoms with Crippen molar-refractivity contribution in [2.45, 2.75) is 44.2 Å². The minimum Gasteiger partial charge on any atom is -0.321 e. The van der Waals surface area contributed by atoms with Crippen molar-refractivity contribution in [2.75, 3.05) is 5.32 Å². The zero-order chi connectivity index (χ0) is 25.7. The van der Waals surface area contributed by atoms with Crippen LogP contribution in [0.5, 0.6) is 0 Å². The zero-order valence-corrected chi connectivity index (χ0v) is 19.2. The third-order valence-electron chi connectivity index (χ3n) is 6.73. The van der Waals surface area contributed by atoms with Gasteiger partial charge in [0.25, 0.3) is 5.56 Å². The Bertz CT molecular complexity index is 1680. The Hall–Kier alpha value is -4.29. The van der Waals surface area contributed by atoms with Crippen LogP contribution >= 0.6 is 0 Å². The van der Waals surface area contributed by atoms with Gasteiger partial charge in [0.05, 0.1) is 22.0 Å². The molecule has 3 aromatic heterocycles. The van der Waals surface area contributed by atoms with Crippen LogP contribution in [-0.4, -0.2) is 35.6 Å². The van der Waals surface area contributed by atoms with Crippen molar-refractivity contribution in [2.24, 2.45) is 0 Å². The predicted octanol–water partition coefficient (Wildman–Crippen LogP) is 5.53. The SMILES string of the molecule is O=c1[nH][nH]c2ccc(-c3nnc(C4CCCCC4)c(Nc4n[nH]c5ccc(F)cc45)n3)c(C(F)(F)F)c12. The lowest BCUT2D eigenvalue weighted by molar-refractivity contribution is -0.135.